The van der Waals surface area contributed by atoms with Gasteiger partial charge in [-0.2, -0.15) is 5.10 Å². The molecule has 72 valence electrons. The van der Waals surface area contributed by atoms with E-state index >= 15 is 0 Å². The first-order valence-corrected chi connectivity index (χ1v) is 4.90. The zero-order valence-corrected chi connectivity index (χ0v) is 9.19. The van der Waals surface area contributed by atoms with E-state index in [4.69, 9.17) is 5.73 Å². The van der Waals surface area contributed by atoms with Crippen molar-refractivity contribution in [3.8, 4) is 5.69 Å². The van der Waals surface area contributed by atoms with Gasteiger partial charge >= 0.3 is 0 Å². The van der Waals surface area contributed by atoms with Gasteiger partial charge in [-0.3, -0.25) is 0 Å². The average molecular weight is 253 g/mol. The Morgan fingerprint density at radius 1 is 1.43 bits per heavy atom. The van der Waals surface area contributed by atoms with Crippen LogP contribution in [0.2, 0.25) is 0 Å². The third kappa shape index (κ3) is 1.63. The van der Waals surface area contributed by atoms with E-state index in [2.05, 4.69) is 26.1 Å². The molecule has 0 fully saturated rings. The Balaban J connectivity index is 2.47. The van der Waals surface area contributed by atoms with Gasteiger partial charge in [0.25, 0.3) is 0 Å². The van der Waals surface area contributed by atoms with Crippen molar-refractivity contribution in [3.63, 3.8) is 0 Å². The molecule has 1 aromatic carbocycles. The fourth-order valence-electron chi connectivity index (χ4n) is 1.11. The standard InChI is InChI=1S/C9H9BrN4/c1-6-2-3-7(4-8(6)10)14-12-5-9(11)13-14/h2-5H,1H3,(H2,11,13). The van der Waals surface area contributed by atoms with Crippen LogP contribution in [0.15, 0.2) is 28.9 Å². The fourth-order valence-corrected chi connectivity index (χ4v) is 1.47. The molecule has 1 heterocycles. The van der Waals surface area contributed by atoms with Crippen molar-refractivity contribution in [2.45, 2.75) is 6.92 Å². The van der Waals surface area contributed by atoms with Crippen LogP contribution in [0.4, 0.5) is 5.82 Å². The highest BCUT2D eigenvalue weighted by Gasteiger charge is 2.02. The lowest BCUT2D eigenvalue weighted by atomic mass is 10.2. The van der Waals surface area contributed by atoms with Gasteiger partial charge in [-0.15, -0.1) is 9.90 Å². The third-order valence-corrected chi connectivity index (χ3v) is 2.75. The largest absolute Gasteiger partial charge is 0.381 e. The van der Waals surface area contributed by atoms with Crippen LogP contribution in [0.25, 0.3) is 5.69 Å². The third-order valence-electron chi connectivity index (χ3n) is 1.90. The molecule has 2 aromatic rings. The number of aromatic nitrogens is 3. The van der Waals surface area contributed by atoms with E-state index < -0.39 is 0 Å². The van der Waals surface area contributed by atoms with Crippen LogP contribution in [0.5, 0.6) is 0 Å². The van der Waals surface area contributed by atoms with Gasteiger partial charge in [0.05, 0.1) is 11.9 Å². The smallest absolute Gasteiger partial charge is 0.166 e. The zero-order valence-electron chi connectivity index (χ0n) is 7.61. The molecule has 0 atom stereocenters. The number of anilines is 1. The number of nitrogen functional groups attached to an aromatic ring is 1. The minimum Gasteiger partial charge on any atom is -0.381 e. The molecule has 2 N–H and O–H groups in total. The summed E-state index contributed by atoms with van der Waals surface area (Å²) in [6.07, 6.45) is 1.52. The second-order valence-electron chi connectivity index (χ2n) is 2.99. The molecule has 14 heavy (non-hydrogen) atoms. The first kappa shape index (κ1) is 9.21. The SMILES string of the molecule is Cc1ccc(-n2ncc(N)n2)cc1Br. The quantitative estimate of drug-likeness (QED) is 0.844. The minimum absolute atomic E-state index is 0.418. The van der Waals surface area contributed by atoms with Crippen LogP contribution >= 0.6 is 15.9 Å². The second-order valence-corrected chi connectivity index (χ2v) is 3.85. The fraction of sp³-hybridized carbons (Fsp3) is 0.111. The molecule has 0 amide bonds. The summed E-state index contributed by atoms with van der Waals surface area (Å²) in [5.41, 5.74) is 7.54. The summed E-state index contributed by atoms with van der Waals surface area (Å²) >= 11 is 3.45. The van der Waals surface area contributed by atoms with E-state index in [1.807, 2.05) is 25.1 Å². The molecule has 0 saturated carbocycles. The van der Waals surface area contributed by atoms with E-state index in [0.29, 0.717) is 5.82 Å². The van der Waals surface area contributed by atoms with Crippen molar-refractivity contribution >= 4 is 21.7 Å². The van der Waals surface area contributed by atoms with Gasteiger partial charge in [0.1, 0.15) is 0 Å². The molecule has 4 nitrogen and oxygen atoms in total. The zero-order chi connectivity index (χ0) is 10.1. The highest BCUT2D eigenvalue weighted by atomic mass is 79.9. The van der Waals surface area contributed by atoms with Gasteiger partial charge in [-0.1, -0.05) is 22.0 Å². The van der Waals surface area contributed by atoms with Crippen LogP contribution in [0, 0.1) is 6.92 Å². The maximum atomic E-state index is 5.48. The Kier molecular flexibility index (Phi) is 2.25. The molecule has 0 unspecified atom stereocenters. The van der Waals surface area contributed by atoms with Crippen molar-refractivity contribution in [2.75, 3.05) is 5.73 Å². The number of halogens is 1. The van der Waals surface area contributed by atoms with Gasteiger partial charge in [0, 0.05) is 4.47 Å². The van der Waals surface area contributed by atoms with Crippen LogP contribution in [-0.4, -0.2) is 15.0 Å². The van der Waals surface area contributed by atoms with E-state index in [1.54, 1.807) is 0 Å². The molecule has 0 spiro atoms. The van der Waals surface area contributed by atoms with Gasteiger partial charge in [0.15, 0.2) is 5.82 Å². The molecule has 0 bridgehead atoms. The Morgan fingerprint density at radius 2 is 2.21 bits per heavy atom. The molecule has 2 rings (SSSR count). The van der Waals surface area contributed by atoms with E-state index in [-0.39, 0.29) is 0 Å². The van der Waals surface area contributed by atoms with Gasteiger partial charge in [-0.25, -0.2) is 0 Å². The predicted octanol–water partition coefficient (Wildman–Crippen LogP) is 1.92. The number of hydrogen-bond donors (Lipinski definition) is 1. The summed E-state index contributed by atoms with van der Waals surface area (Å²) in [4.78, 5) is 1.50. The number of aryl methyl sites for hydroxylation is 1. The molecule has 0 aliphatic heterocycles. The lowest BCUT2D eigenvalue weighted by Gasteiger charge is -2.02. The van der Waals surface area contributed by atoms with E-state index in [0.717, 1.165) is 10.2 Å². The summed E-state index contributed by atoms with van der Waals surface area (Å²) in [5.74, 6) is 0.418. The van der Waals surface area contributed by atoms with Crippen molar-refractivity contribution in [1.82, 2.24) is 15.0 Å². The number of nitrogens with two attached hydrogens (primary N) is 1. The van der Waals surface area contributed by atoms with Crippen molar-refractivity contribution < 1.29 is 0 Å². The highest BCUT2D eigenvalue weighted by Crippen LogP contribution is 2.19. The van der Waals surface area contributed by atoms with Crippen LogP contribution < -0.4 is 5.73 Å². The lowest BCUT2D eigenvalue weighted by Crippen LogP contribution is -1.99. The Morgan fingerprint density at radius 3 is 2.79 bits per heavy atom. The average Bonchev–Trinajstić information content (AvgIpc) is 2.57. The second kappa shape index (κ2) is 3.42. The number of benzene rings is 1. The van der Waals surface area contributed by atoms with Crippen LogP contribution in [-0.2, 0) is 0 Å². The first-order valence-electron chi connectivity index (χ1n) is 4.11. The highest BCUT2D eigenvalue weighted by molar-refractivity contribution is 9.10. The summed E-state index contributed by atoms with van der Waals surface area (Å²) in [7, 11) is 0. The van der Waals surface area contributed by atoms with Crippen molar-refractivity contribution in [2.24, 2.45) is 0 Å². The summed E-state index contributed by atoms with van der Waals surface area (Å²) in [6.45, 7) is 2.03. The molecular weight excluding hydrogens is 244 g/mol. The molecule has 0 aliphatic carbocycles. The summed E-state index contributed by atoms with van der Waals surface area (Å²) in [5, 5.41) is 8.03. The summed E-state index contributed by atoms with van der Waals surface area (Å²) in [6, 6.07) is 5.90. The maximum Gasteiger partial charge on any atom is 0.166 e. The Labute approximate surface area is 89.9 Å². The van der Waals surface area contributed by atoms with E-state index in [1.165, 1.54) is 16.6 Å². The van der Waals surface area contributed by atoms with Gasteiger partial charge in [0.2, 0.25) is 0 Å². The van der Waals surface area contributed by atoms with E-state index in [9.17, 15) is 0 Å². The molecule has 5 heteroatoms. The maximum absolute atomic E-state index is 5.48. The van der Waals surface area contributed by atoms with Crippen LogP contribution in [0.1, 0.15) is 5.56 Å². The Hall–Kier alpha value is -1.36. The lowest BCUT2D eigenvalue weighted by molar-refractivity contribution is 0.753. The molecular formula is C9H9BrN4. The van der Waals surface area contributed by atoms with Crippen molar-refractivity contribution in [3.05, 3.63) is 34.4 Å². The number of rotatable bonds is 1. The van der Waals surface area contributed by atoms with Gasteiger partial charge < -0.3 is 5.73 Å². The minimum atomic E-state index is 0.418. The molecule has 1 aromatic heterocycles. The Bertz CT molecular complexity index is 464. The molecule has 0 radical (unpaired) electrons. The summed E-state index contributed by atoms with van der Waals surface area (Å²) < 4.78 is 1.03. The number of nitrogens with zero attached hydrogens (tertiary/aromatic N) is 3. The number of hydrogen-bond acceptors (Lipinski definition) is 3. The molecule has 0 saturated heterocycles. The van der Waals surface area contributed by atoms with Gasteiger partial charge in [-0.05, 0) is 24.6 Å². The van der Waals surface area contributed by atoms with Crippen molar-refractivity contribution in [1.29, 1.82) is 0 Å². The molecule has 0 aliphatic rings. The predicted molar refractivity (Wildman–Crippen MR) is 58.2 cm³/mol. The first-order chi connectivity index (χ1) is 6.66. The normalized spacial score (nSPS) is 10.4. The van der Waals surface area contributed by atoms with Crippen LogP contribution in [0.3, 0.4) is 0 Å². The monoisotopic (exact) mass is 252 g/mol. The topological polar surface area (TPSA) is 56.7 Å².